The van der Waals surface area contributed by atoms with Crippen LogP contribution < -0.4 is 16.0 Å². The number of carbonyl (C=O) groups excluding carboxylic acids is 1. The average Bonchev–Trinajstić information content (AvgIpc) is 3.54. The number of hydrogen-bond donors (Lipinski definition) is 3. The summed E-state index contributed by atoms with van der Waals surface area (Å²) < 4.78 is 9.32. The molecule has 1 saturated heterocycles. The first-order valence-corrected chi connectivity index (χ1v) is 11.3. The molecule has 0 radical (unpaired) electrons. The van der Waals surface area contributed by atoms with E-state index in [2.05, 4.69) is 21.0 Å². The van der Waals surface area contributed by atoms with E-state index in [1.807, 2.05) is 36.3 Å². The van der Waals surface area contributed by atoms with Crippen molar-refractivity contribution in [1.29, 1.82) is 0 Å². The molecule has 5 rings (SSSR count). The van der Waals surface area contributed by atoms with Crippen LogP contribution in [0.2, 0.25) is 0 Å². The second kappa shape index (κ2) is 8.60. The SMILES string of the molecule is CNC(=O)c1csc(Nc2nc(NC3CCOCC3)c3c(ccn3-c3cnn(C)c3)n2)c1. The minimum atomic E-state index is -0.124. The number of carbonyl (C=O) groups is 1. The number of fused-ring (bicyclic) bond motifs is 1. The van der Waals surface area contributed by atoms with E-state index in [9.17, 15) is 4.79 Å². The monoisotopic (exact) mass is 452 g/mol. The van der Waals surface area contributed by atoms with Gasteiger partial charge in [0.05, 0.1) is 28.0 Å². The van der Waals surface area contributed by atoms with Crippen molar-refractivity contribution in [3.63, 3.8) is 0 Å². The van der Waals surface area contributed by atoms with Crippen molar-refractivity contribution >= 4 is 45.0 Å². The molecule has 1 aliphatic heterocycles. The molecule has 0 aliphatic carbocycles. The van der Waals surface area contributed by atoms with Gasteiger partial charge >= 0.3 is 0 Å². The Balaban J connectivity index is 1.53. The second-order valence-electron chi connectivity index (χ2n) is 7.62. The van der Waals surface area contributed by atoms with Gasteiger partial charge < -0.3 is 25.3 Å². The fraction of sp³-hybridized carbons (Fsp3) is 0.333. The first-order chi connectivity index (χ1) is 15.6. The van der Waals surface area contributed by atoms with Gasteiger partial charge in [0.25, 0.3) is 5.91 Å². The fourth-order valence-corrected chi connectivity index (χ4v) is 4.53. The van der Waals surface area contributed by atoms with Crippen molar-refractivity contribution in [1.82, 2.24) is 29.6 Å². The Morgan fingerprint density at radius 2 is 2.12 bits per heavy atom. The Morgan fingerprint density at radius 1 is 1.28 bits per heavy atom. The van der Waals surface area contributed by atoms with Crippen molar-refractivity contribution < 1.29 is 9.53 Å². The first-order valence-electron chi connectivity index (χ1n) is 10.4. The minimum absolute atomic E-state index is 0.124. The Kier molecular flexibility index (Phi) is 5.50. The molecule has 0 atom stereocenters. The van der Waals surface area contributed by atoms with E-state index in [0.29, 0.717) is 11.5 Å². The molecule has 5 heterocycles. The average molecular weight is 453 g/mol. The number of nitrogens with one attached hydrogen (secondary N) is 3. The van der Waals surface area contributed by atoms with E-state index in [-0.39, 0.29) is 11.9 Å². The van der Waals surface area contributed by atoms with Crippen LogP contribution in [0, 0.1) is 0 Å². The van der Waals surface area contributed by atoms with Crippen LogP contribution in [-0.2, 0) is 11.8 Å². The van der Waals surface area contributed by atoms with Crippen LogP contribution in [-0.4, -0.2) is 56.5 Å². The number of thiophene rings is 1. The number of amides is 1. The predicted molar refractivity (Wildman–Crippen MR) is 124 cm³/mol. The molecule has 1 fully saturated rings. The number of aryl methyl sites for hydroxylation is 1. The fourth-order valence-electron chi connectivity index (χ4n) is 3.76. The maximum absolute atomic E-state index is 11.9. The van der Waals surface area contributed by atoms with E-state index in [1.165, 1.54) is 11.3 Å². The summed E-state index contributed by atoms with van der Waals surface area (Å²) in [5, 5.41) is 16.4. The molecular weight excluding hydrogens is 428 g/mol. The van der Waals surface area contributed by atoms with Crippen LogP contribution in [0.4, 0.5) is 16.8 Å². The third-order valence-corrected chi connectivity index (χ3v) is 6.23. The summed E-state index contributed by atoms with van der Waals surface area (Å²) in [6, 6.07) is 4.03. The lowest BCUT2D eigenvalue weighted by atomic mass is 10.1. The molecular formula is C21H24N8O2S. The highest BCUT2D eigenvalue weighted by atomic mass is 32.1. The molecule has 0 saturated carbocycles. The quantitative estimate of drug-likeness (QED) is 0.412. The summed E-state index contributed by atoms with van der Waals surface area (Å²) >= 11 is 1.43. The van der Waals surface area contributed by atoms with E-state index >= 15 is 0 Å². The molecule has 3 N–H and O–H groups in total. The number of nitrogens with zero attached hydrogens (tertiary/aromatic N) is 5. The van der Waals surface area contributed by atoms with E-state index in [4.69, 9.17) is 14.7 Å². The standard InChI is InChI=1S/C21H24N8O2S/c1-22-20(30)13-9-17(32-12-13)26-21-25-16-3-6-29(15-10-23-28(2)11-15)18(16)19(27-21)24-14-4-7-31-8-5-14/h3,6,9-12,14H,4-5,7-8H2,1-2H3,(H,22,30)(H2,24,25,26,27). The highest BCUT2D eigenvalue weighted by molar-refractivity contribution is 7.14. The van der Waals surface area contributed by atoms with Crippen molar-refractivity contribution in [3.8, 4) is 5.69 Å². The molecule has 0 bridgehead atoms. The maximum atomic E-state index is 11.9. The van der Waals surface area contributed by atoms with Gasteiger partial charge in [0, 0.05) is 51.1 Å². The Morgan fingerprint density at radius 3 is 2.88 bits per heavy atom. The summed E-state index contributed by atoms with van der Waals surface area (Å²) in [7, 11) is 3.51. The van der Waals surface area contributed by atoms with Gasteiger partial charge in [-0.1, -0.05) is 0 Å². The summed E-state index contributed by atoms with van der Waals surface area (Å²) in [6.45, 7) is 1.47. The van der Waals surface area contributed by atoms with Crippen molar-refractivity contribution in [3.05, 3.63) is 41.7 Å². The normalized spacial score (nSPS) is 14.6. The molecule has 1 amide bonds. The van der Waals surface area contributed by atoms with Gasteiger partial charge in [-0.05, 0) is 25.0 Å². The van der Waals surface area contributed by atoms with Crippen molar-refractivity contribution in [2.45, 2.75) is 18.9 Å². The largest absolute Gasteiger partial charge is 0.381 e. The summed E-state index contributed by atoms with van der Waals surface area (Å²) in [5.41, 5.74) is 3.25. The van der Waals surface area contributed by atoms with Gasteiger partial charge in [-0.15, -0.1) is 11.3 Å². The first kappa shape index (κ1) is 20.5. The second-order valence-corrected chi connectivity index (χ2v) is 8.53. The van der Waals surface area contributed by atoms with Crippen molar-refractivity contribution in [2.24, 2.45) is 7.05 Å². The maximum Gasteiger partial charge on any atom is 0.251 e. The molecule has 32 heavy (non-hydrogen) atoms. The summed E-state index contributed by atoms with van der Waals surface area (Å²) in [5.74, 6) is 1.10. The molecule has 1 aliphatic rings. The van der Waals surface area contributed by atoms with Crippen LogP contribution in [0.1, 0.15) is 23.2 Å². The minimum Gasteiger partial charge on any atom is -0.381 e. The van der Waals surface area contributed by atoms with E-state index in [1.54, 1.807) is 23.2 Å². The zero-order valence-electron chi connectivity index (χ0n) is 17.8. The third kappa shape index (κ3) is 4.04. The third-order valence-electron chi connectivity index (χ3n) is 5.39. The topological polar surface area (TPSA) is 111 Å². The van der Waals surface area contributed by atoms with Gasteiger partial charge in [-0.25, -0.2) is 4.98 Å². The van der Waals surface area contributed by atoms with Crippen LogP contribution in [0.3, 0.4) is 0 Å². The highest BCUT2D eigenvalue weighted by Gasteiger charge is 2.20. The number of anilines is 3. The summed E-state index contributed by atoms with van der Waals surface area (Å²) in [6.07, 6.45) is 7.58. The Bertz CT molecular complexity index is 1250. The van der Waals surface area contributed by atoms with E-state index < -0.39 is 0 Å². The molecule has 166 valence electrons. The van der Waals surface area contributed by atoms with Crippen LogP contribution >= 0.6 is 11.3 Å². The smallest absolute Gasteiger partial charge is 0.251 e. The zero-order valence-corrected chi connectivity index (χ0v) is 18.6. The Hall–Kier alpha value is -3.44. The molecule has 0 spiro atoms. The van der Waals surface area contributed by atoms with Gasteiger partial charge in [0.2, 0.25) is 5.95 Å². The zero-order chi connectivity index (χ0) is 22.1. The Labute approximate surface area is 188 Å². The van der Waals surface area contributed by atoms with Crippen molar-refractivity contribution in [2.75, 3.05) is 30.9 Å². The number of hydrogen-bond acceptors (Lipinski definition) is 8. The number of rotatable bonds is 6. The molecule has 0 aromatic carbocycles. The predicted octanol–water partition coefficient (Wildman–Crippen LogP) is 2.91. The highest BCUT2D eigenvalue weighted by Crippen LogP contribution is 2.30. The molecule has 11 heteroatoms. The lowest BCUT2D eigenvalue weighted by Gasteiger charge is -2.24. The number of ether oxygens (including phenoxy) is 1. The van der Waals surface area contributed by atoms with E-state index in [0.717, 1.165) is 53.6 Å². The lowest BCUT2D eigenvalue weighted by molar-refractivity contribution is 0.0904. The van der Waals surface area contributed by atoms with Crippen LogP contribution in [0.15, 0.2) is 36.1 Å². The summed E-state index contributed by atoms with van der Waals surface area (Å²) in [4.78, 5) is 21.4. The number of aromatic nitrogens is 5. The lowest BCUT2D eigenvalue weighted by Crippen LogP contribution is -2.28. The van der Waals surface area contributed by atoms with Crippen LogP contribution in [0.5, 0.6) is 0 Å². The van der Waals surface area contributed by atoms with Gasteiger partial charge in [0.1, 0.15) is 5.52 Å². The molecule has 4 aromatic heterocycles. The molecule has 4 aromatic rings. The van der Waals surface area contributed by atoms with Gasteiger partial charge in [-0.2, -0.15) is 10.1 Å². The van der Waals surface area contributed by atoms with Crippen LogP contribution in [0.25, 0.3) is 16.7 Å². The van der Waals surface area contributed by atoms with Gasteiger partial charge in [-0.3, -0.25) is 9.48 Å². The molecule has 0 unspecified atom stereocenters. The van der Waals surface area contributed by atoms with Gasteiger partial charge in [0.15, 0.2) is 5.82 Å². The molecule has 10 nitrogen and oxygen atoms in total.